The number of nitrogens with zero attached hydrogens (tertiary/aromatic N) is 2. The summed E-state index contributed by atoms with van der Waals surface area (Å²) in [6.07, 6.45) is 0.531. The van der Waals surface area contributed by atoms with Crippen LogP contribution in [0.3, 0.4) is 0 Å². The maximum absolute atomic E-state index is 14.8. The van der Waals surface area contributed by atoms with Crippen LogP contribution in [0.1, 0.15) is 35.4 Å². The standard InChI is InChI=1S/C48H60N2O14S6/c1-59-21-23-61-25-27-63-29-31-65-37-11-7-35(8-12-37)39-15-17-41(67-39)45-43-44(48(52)49(45)19-3-5-33-69(53,54)55)46(50(47(43)51)20-4-6-34-70(56,57)58)42-18-16-40(68-42)36-9-13-38(14-10-36)66-32-30-64-28-26-62-24-22-60-2/h7-18H,3-6,19-34H2,1-2H3,(H,53,54,55)(H,56,57,58)/p-1. The Morgan fingerprint density at radius 1 is 0.514 bits per heavy atom. The average molecular weight is 1080 g/mol. The molecule has 0 radical (unpaired) electrons. The van der Waals surface area contributed by atoms with Gasteiger partial charge in [-0.2, -0.15) is 8.42 Å². The SMILES string of the molecule is COCCOCCOCCSc1ccc(-c2ccc(C3=C4C(=O)N(CCCCS(=O)(=O)O)C(c5ccc(-c6ccc(SCCOCCOCCOC)cc6)s5)=C4C(=O)N3CCCCS(=O)(=O)[O-])s2)cc1. The third kappa shape index (κ3) is 16.8. The minimum absolute atomic E-state index is 0.0257. The molecule has 6 rings (SSSR count). The Morgan fingerprint density at radius 3 is 1.27 bits per heavy atom. The molecule has 382 valence electrons. The van der Waals surface area contributed by atoms with E-state index in [1.807, 2.05) is 72.8 Å². The zero-order valence-electron chi connectivity index (χ0n) is 39.2. The molecule has 0 bridgehead atoms. The van der Waals surface area contributed by atoms with E-state index in [-0.39, 0.29) is 49.9 Å². The fourth-order valence-electron chi connectivity index (χ4n) is 7.48. The van der Waals surface area contributed by atoms with E-state index in [4.69, 9.17) is 28.4 Å². The van der Waals surface area contributed by atoms with Crippen LogP contribution in [0.5, 0.6) is 0 Å². The van der Waals surface area contributed by atoms with Crippen molar-refractivity contribution in [1.82, 2.24) is 9.80 Å². The second-order valence-electron chi connectivity index (χ2n) is 15.8. The van der Waals surface area contributed by atoms with Crippen molar-refractivity contribution < 1.29 is 64.0 Å². The summed E-state index contributed by atoms with van der Waals surface area (Å²) in [6.45, 7) is 5.43. The predicted molar refractivity (Wildman–Crippen MR) is 275 cm³/mol. The summed E-state index contributed by atoms with van der Waals surface area (Å²) >= 11 is 6.16. The molecule has 0 aliphatic carbocycles. The van der Waals surface area contributed by atoms with Crippen LogP contribution in [-0.2, 0) is 58.2 Å². The maximum Gasteiger partial charge on any atom is 0.264 e. The Hall–Kier alpha value is -3.46. The molecule has 4 aromatic rings. The molecule has 2 aliphatic rings. The van der Waals surface area contributed by atoms with Gasteiger partial charge in [0.25, 0.3) is 21.9 Å². The first kappa shape index (κ1) is 55.8. The lowest BCUT2D eigenvalue weighted by Crippen LogP contribution is -2.31. The van der Waals surface area contributed by atoms with E-state index >= 15 is 0 Å². The van der Waals surface area contributed by atoms with E-state index < -0.39 is 43.6 Å². The number of carbonyl (C=O) groups excluding carboxylic acids is 2. The fourth-order valence-corrected chi connectivity index (χ4v) is 12.3. The second-order valence-corrected chi connectivity index (χ2v) is 23.4. The van der Waals surface area contributed by atoms with Crippen molar-refractivity contribution in [3.05, 3.63) is 93.7 Å². The van der Waals surface area contributed by atoms with Crippen molar-refractivity contribution in [3.63, 3.8) is 0 Å². The van der Waals surface area contributed by atoms with Gasteiger partial charge in [-0.15, -0.1) is 46.2 Å². The lowest BCUT2D eigenvalue weighted by atomic mass is 10.1. The number of rotatable bonds is 34. The van der Waals surface area contributed by atoms with Crippen molar-refractivity contribution in [2.24, 2.45) is 0 Å². The van der Waals surface area contributed by atoms with E-state index in [2.05, 4.69) is 0 Å². The molecule has 2 aliphatic heterocycles. The number of hydrogen-bond acceptors (Lipinski definition) is 17. The molecular formula is C48H59N2O14S6-. The number of hydrogen-bond donors (Lipinski definition) is 1. The van der Waals surface area contributed by atoms with Crippen LogP contribution in [0, 0.1) is 0 Å². The molecular weight excluding hydrogens is 1020 g/mol. The number of carbonyl (C=O) groups is 2. The highest BCUT2D eigenvalue weighted by molar-refractivity contribution is 7.99. The molecule has 22 heteroatoms. The van der Waals surface area contributed by atoms with Crippen LogP contribution in [-0.4, -0.2) is 164 Å². The van der Waals surface area contributed by atoms with Crippen molar-refractivity contribution >= 4 is 89.6 Å². The van der Waals surface area contributed by atoms with Gasteiger partial charge in [0.15, 0.2) is 0 Å². The molecule has 2 aromatic heterocycles. The normalized spacial score (nSPS) is 14.3. The topological polar surface area (TPSA) is 208 Å². The monoisotopic (exact) mass is 1080 g/mol. The van der Waals surface area contributed by atoms with Crippen LogP contribution in [0.4, 0.5) is 0 Å². The van der Waals surface area contributed by atoms with Crippen LogP contribution < -0.4 is 0 Å². The van der Waals surface area contributed by atoms with Gasteiger partial charge in [0, 0.05) is 64.1 Å². The minimum atomic E-state index is -4.49. The van der Waals surface area contributed by atoms with Crippen molar-refractivity contribution in [3.8, 4) is 20.9 Å². The van der Waals surface area contributed by atoms with Crippen LogP contribution >= 0.6 is 46.2 Å². The minimum Gasteiger partial charge on any atom is -0.748 e. The summed E-state index contributed by atoms with van der Waals surface area (Å²) in [5.74, 6) is -0.406. The molecule has 0 saturated heterocycles. The van der Waals surface area contributed by atoms with Crippen molar-refractivity contribution in [2.75, 3.05) is 116 Å². The zero-order chi connectivity index (χ0) is 49.9. The van der Waals surface area contributed by atoms with Gasteiger partial charge in [-0.3, -0.25) is 14.1 Å². The fraction of sp³-hybridized carbons (Fsp3) is 0.458. The summed E-state index contributed by atoms with van der Waals surface area (Å²) in [5, 5.41) is 0. The van der Waals surface area contributed by atoms with Crippen LogP contribution in [0.15, 0.2) is 93.7 Å². The van der Waals surface area contributed by atoms with Gasteiger partial charge < -0.3 is 42.8 Å². The molecule has 1 N–H and O–H groups in total. The summed E-state index contributed by atoms with van der Waals surface area (Å²) in [7, 11) is -5.47. The number of unbranched alkanes of at least 4 members (excludes halogenated alkanes) is 2. The molecule has 4 heterocycles. The van der Waals surface area contributed by atoms with Gasteiger partial charge >= 0.3 is 0 Å². The number of amides is 2. The molecule has 0 saturated carbocycles. The molecule has 0 spiro atoms. The van der Waals surface area contributed by atoms with E-state index in [1.54, 1.807) is 37.7 Å². The second kappa shape index (κ2) is 28.1. The third-order valence-corrected chi connectivity index (χ3v) is 16.6. The Morgan fingerprint density at radius 2 is 0.886 bits per heavy atom. The number of benzene rings is 2. The molecule has 0 atom stereocenters. The smallest absolute Gasteiger partial charge is 0.264 e. The van der Waals surface area contributed by atoms with E-state index in [0.29, 0.717) is 87.2 Å². The first-order chi connectivity index (χ1) is 33.8. The Bertz CT molecular complexity index is 2430. The van der Waals surface area contributed by atoms with E-state index in [9.17, 15) is 35.5 Å². The van der Waals surface area contributed by atoms with E-state index in [1.165, 1.54) is 32.5 Å². The van der Waals surface area contributed by atoms with Crippen LogP contribution in [0.25, 0.3) is 32.3 Å². The summed E-state index contributed by atoms with van der Waals surface area (Å²) in [5.41, 5.74) is 3.07. The Kier molecular flexibility index (Phi) is 22.4. The average Bonchev–Trinajstić information content (AvgIpc) is 4.13. The summed E-state index contributed by atoms with van der Waals surface area (Å²) in [6, 6.07) is 23.8. The highest BCUT2D eigenvalue weighted by Gasteiger charge is 2.49. The van der Waals surface area contributed by atoms with Gasteiger partial charge in [-0.05, 0) is 85.3 Å². The zero-order valence-corrected chi connectivity index (χ0v) is 44.1. The molecule has 0 fully saturated rings. The number of thioether (sulfide) groups is 2. The summed E-state index contributed by atoms with van der Waals surface area (Å²) in [4.78, 5) is 38.0. The lowest BCUT2D eigenvalue weighted by molar-refractivity contribution is -0.124. The van der Waals surface area contributed by atoms with Gasteiger partial charge in [0.1, 0.15) is 0 Å². The Balaban J connectivity index is 1.24. The lowest BCUT2D eigenvalue weighted by Gasteiger charge is -2.24. The number of ether oxygens (including phenoxy) is 6. The van der Waals surface area contributed by atoms with Gasteiger partial charge in [0.2, 0.25) is 0 Å². The maximum atomic E-state index is 14.8. The molecule has 16 nitrogen and oxygen atoms in total. The third-order valence-electron chi connectivity index (χ3n) is 10.8. The molecule has 70 heavy (non-hydrogen) atoms. The first-order valence-corrected chi connectivity index (χ1v) is 29.5. The highest BCUT2D eigenvalue weighted by Crippen LogP contribution is 2.50. The predicted octanol–water partition coefficient (Wildman–Crippen LogP) is 7.49. The van der Waals surface area contributed by atoms with E-state index in [0.717, 1.165) is 42.2 Å². The number of thiophene rings is 2. The van der Waals surface area contributed by atoms with Crippen molar-refractivity contribution in [2.45, 2.75) is 35.5 Å². The van der Waals surface area contributed by atoms with Crippen molar-refractivity contribution in [1.29, 1.82) is 0 Å². The van der Waals surface area contributed by atoms with Crippen LogP contribution in [0.2, 0.25) is 0 Å². The Labute approximate surface area is 427 Å². The first-order valence-electron chi connectivity index (χ1n) is 22.7. The molecule has 0 unspecified atom stereocenters. The van der Waals surface area contributed by atoms with Gasteiger partial charge in [0.05, 0.1) is 114 Å². The molecule has 2 amide bonds. The summed E-state index contributed by atoms with van der Waals surface area (Å²) < 4.78 is 99.4. The largest absolute Gasteiger partial charge is 0.748 e. The molecule has 2 aromatic carbocycles. The number of methoxy groups -OCH3 is 2. The quantitative estimate of drug-likeness (QED) is 0.0273. The van der Waals surface area contributed by atoms with Gasteiger partial charge in [-0.1, -0.05) is 24.3 Å². The number of fused-ring (bicyclic) bond motifs is 1. The highest BCUT2D eigenvalue weighted by atomic mass is 32.2. The van der Waals surface area contributed by atoms with Gasteiger partial charge in [-0.25, -0.2) is 8.42 Å².